The van der Waals surface area contributed by atoms with Crippen molar-refractivity contribution in [1.82, 2.24) is 5.32 Å². The molecule has 0 saturated heterocycles. The van der Waals surface area contributed by atoms with Crippen molar-refractivity contribution in [3.8, 4) is 0 Å². The first-order valence-corrected chi connectivity index (χ1v) is 9.61. The highest BCUT2D eigenvalue weighted by Gasteiger charge is 1.96. The second-order valence-electron chi connectivity index (χ2n) is 5.52. The fraction of sp³-hybridized carbons (Fsp3) is 0.941. The SMILES string of the molecule is CCCCCCCCCCCCCCSC(=NC)NC.Cl. The van der Waals surface area contributed by atoms with E-state index in [0.717, 1.165) is 5.17 Å². The maximum Gasteiger partial charge on any atom is 0.156 e. The summed E-state index contributed by atoms with van der Waals surface area (Å²) in [4.78, 5) is 4.17. The van der Waals surface area contributed by atoms with E-state index in [-0.39, 0.29) is 12.4 Å². The van der Waals surface area contributed by atoms with E-state index in [9.17, 15) is 0 Å². The summed E-state index contributed by atoms with van der Waals surface area (Å²) in [5.74, 6) is 1.20. The highest BCUT2D eigenvalue weighted by Crippen LogP contribution is 2.13. The highest BCUT2D eigenvalue weighted by atomic mass is 35.5. The van der Waals surface area contributed by atoms with Crippen LogP contribution in [0.4, 0.5) is 0 Å². The van der Waals surface area contributed by atoms with Crippen molar-refractivity contribution in [3.05, 3.63) is 0 Å². The molecule has 0 amide bonds. The number of aliphatic imine (C=N–C) groups is 1. The molecule has 0 fully saturated rings. The molecule has 4 heteroatoms. The third kappa shape index (κ3) is 18.1. The van der Waals surface area contributed by atoms with Crippen LogP contribution in [0.15, 0.2) is 4.99 Å². The first kappa shape index (κ1) is 23.4. The van der Waals surface area contributed by atoms with Gasteiger partial charge in [0.15, 0.2) is 5.17 Å². The summed E-state index contributed by atoms with van der Waals surface area (Å²) in [6.45, 7) is 2.28. The zero-order valence-corrected chi connectivity index (χ0v) is 16.1. The first-order chi connectivity index (χ1) is 9.85. The van der Waals surface area contributed by atoms with Gasteiger partial charge in [0.05, 0.1) is 0 Å². The lowest BCUT2D eigenvalue weighted by atomic mass is 10.1. The molecule has 0 aromatic carbocycles. The van der Waals surface area contributed by atoms with Crippen molar-refractivity contribution in [3.63, 3.8) is 0 Å². The Morgan fingerprint density at radius 1 is 0.810 bits per heavy atom. The van der Waals surface area contributed by atoms with E-state index in [2.05, 4.69) is 17.2 Å². The lowest BCUT2D eigenvalue weighted by molar-refractivity contribution is 0.548. The van der Waals surface area contributed by atoms with E-state index >= 15 is 0 Å². The Kier molecular flexibility index (Phi) is 22.4. The van der Waals surface area contributed by atoms with Crippen LogP contribution in [-0.2, 0) is 0 Å². The molecule has 1 N–H and O–H groups in total. The zero-order valence-electron chi connectivity index (χ0n) is 14.5. The summed E-state index contributed by atoms with van der Waals surface area (Å²) in [5, 5.41) is 4.17. The van der Waals surface area contributed by atoms with Crippen LogP contribution >= 0.6 is 24.2 Å². The Bertz CT molecular complexity index is 223. The van der Waals surface area contributed by atoms with Crippen molar-refractivity contribution in [2.45, 2.75) is 84.0 Å². The number of hydrogen-bond donors (Lipinski definition) is 1. The average Bonchev–Trinajstić information content (AvgIpc) is 2.48. The Morgan fingerprint density at radius 3 is 1.62 bits per heavy atom. The summed E-state index contributed by atoms with van der Waals surface area (Å²) < 4.78 is 0. The van der Waals surface area contributed by atoms with E-state index < -0.39 is 0 Å². The highest BCUT2D eigenvalue weighted by molar-refractivity contribution is 8.13. The molecule has 0 bridgehead atoms. The second kappa shape index (κ2) is 20.1. The molecule has 2 nitrogen and oxygen atoms in total. The topological polar surface area (TPSA) is 24.4 Å². The minimum absolute atomic E-state index is 0. The Hall–Kier alpha value is 0.110. The van der Waals surface area contributed by atoms with Gasteiger partial charge in [0.1, 0.15) is 0 Å². The van der Waals surface area contributed by atoms with Gasteiger partial charge in [-0.05, 0) is 6.42 Å². The number of nitrogens with one attached hydrogen (secondary N) is 1. The number of rotatable bonds is 13. The number of nitrogens with zero attached hydrogens (tertiary/aromatic N) is 1. The predicted octanol–water partition coefficient (Wildman–Crippen LogP) is 6.05. The van der Waals surface area contributed by atoms with Crippen molar-refractivity contribution in [1.29, 1.82) is 0 Å². The van der Waals surface area contributed by atoms with E-state index in [4.69, 9.17) is 0 Å². The van der Waals surface area contributed by atoms with Gasteiger partial charge in [-0.2, -0.15) is 0 Å². The standard InChI is InChI=1S/C17H36N2S.ClH/c1-4-5-6-7-8-9-10-11-12-13-14-15-16-20-17(18-2)19-3;/h4-16H2,1-3H3,(H,18,19);1H. The van der Waals surface area contributed by atoms with Gasteiger partial charge in [0.2, 0.25) is 0 Å². The molecule has 0 atom stereocenters. The molecule has 21 heavy (non-hydrogen) atoms. The van der Waals surface area contributed by atoms with Crippen LogP contribution in [0.5, 0.6) is 0 Å². The largest absolute Gasteiger partial charge is 0.368 e. The van der Waals surface area contributed by atoms with Crippen molar-refractivity contribution < 1.29 is 0 Å². The van der Waals surface area contributed by atoms with Crippen molar-refractivity contribution >= 4 is 29.3 Å². The van der Waals surface area contributed by atoms with E-state index in [1.807, 2.05) is 25.9 Å². The van der Waals surface area contributed by atoms with Crippen LogP contribution < -0.4 is 5.32 Å². The third-order valence-corrected chi connectivity index (χ3v) is 4.81. The van der Waals surface area contributed by atoms with Gasteiger partial charge in [-0.15, -0.1) is 12.4 Å². The molecule has 0 aromatic rings. The number of halogens is 1. The lowest BCUT2D eigenvalue weighted by Gasteiger charge is -2.04. The average molecular weight is 337 g/mol. The van der Waals surface area contributed by atoms with Crippen LogP contribution in [0.2, 0.25) is 0 Å². The van der Waals surface area contributed by atoms with Gasteiger partial charge < -0.3 is 5.32 Å². The molecular weight excluding hydrogens is 300 g/mol. The van der Waals surface area contributed by atoms with Gasteiger partial charge in [-0.25, -0.2) is 0 Å². The number of amidine groups is 1. The molecule has 0 spiro atoms. The van der Waals surface area contributed by atoms with Crippen LogP contribution in [0.25, 0.3) is 0 Å². The number of hydrogen-bond acceptors (Lipinski definition) is 2. The van der Waals surface area contributed by atoms with Crippen LogP contribution in [0, 0.1) is 0 Å². The Balaban J connectivity index is 0. The number of thioether (sulfide) groups is 1. The summed E-state index contributed by atoms with van der Waals surface area (Å²) in [6.07, 6.45) is 17.0. The summed E-state index contributed by atoms with van der Waals surface area (Å²) >= 11 is 1.84. The van der Waals surface area contributed by atoms with Crippen molar-refractivity contribution in [2.24, 2.45) is 4.99 Å². The Labute approximate surface area is 143 Å². The van der Waals surface area contributed by atoms with Crippen LogP contribution in [0.1, 0.15) is 84.0 Å². The van der Waals surface area contributed by atoms with Gasteiger partial charge in [0.25, 0.3) is 0 Å². The minimum Gasteiger partial charge on any atom is -0.368 e. The smallest absolute Gasteiger partial charge is 0.156 e. The first-order valence-electron chi connectivity index (χ1n) is 8.62. The fourth-order valence-electron chi connectivity index (χ4n) is 2.36. The van der Waals surface area contributed by atoms with Crippen LogP contribution in [-0.4, -0.2) is 25.0 Å². The van der Waals surface area contributed by atoms with Crippen LogP contribution in [0.3, 0.4) is 0 Å². The van der Waals surface area contributed by atoms with Gasteiger partial charge in [0, 0.05) is 19.8 Å². The lowest BCUT2D eigenvalue weighted by Crippen LogP contribution is -2.14. The van der Waals surface area contributed by atoms with E-state index in [0.29, 0.717) is 0 Å². The second-order valence-corrected chi connectivity index (χ2v) is 6.60. The monoisotopic (exact) mass is 336 g/mol. The van der Waals surface area contributed by atoms with E-state index in [1.165, 1.54) is 82.8 Å². The molecule has 128 valence electrons. The molecule has 0 radical (unpaired) electrons. The molecule has 0 aromatic heterocycles. The van der Waals surface area contributed by atoms with Gasteiger partial charge in [-0.1, -0.05) is 89.3 Å². The summed E-state index contributed by atoms with van der Waals surface area (Å²) in [5.41, 5.74) is 0. The molecule has 0 heterocycles. The summed E-state index contributed by atoms with van der Waals surface area (Å²) in [7, 11) is 3.79. The fourth-order valence-corrected chi connectivity index (χ4v) is 3.18. The molecule has 0 aliphatic carbocycles. The maximum absolute atomic E-state index is 4.17. The molecule has 0 aliphatic rings. The molecule has 0 saturated carbocycles. The normalized spacial score (nSPS) is 11.3. The minimum atomic E-state index is 0. The molecule has 0 unspecified atom stereocenters. The quantitative estimate of drug-likeness (QED) is 0.251. The Morgan fingerprint density at radius 2 is 1.24 bits per heavy atom. The third-order valence-electron chi connectivity index (χ3n) is 3.65. The van der Waals surface area contributed by atoms with Gasteiger partial charge in [-0.3, -0.25) is 4.99 Å². The summed E-state index contributed by atoms with van der Waals surface area (Å²) in [6, 6.07) is 0. The van der Waals surface area contributed by atoms with Gasteiger partial charge >= 0.3 is 0 Å². The molecule has 0 aliphatic heterocycles. The molecular formula is C17H37ClN2S. The molecule has 0 rings (SSSR count). The maximum atomic E-state index is 4.17. The van der Waals surface area contributed by atoms with E-state index in [1.54, 1.807) is 0 Å². The zero-order chi connectivity index (χ0) is 14.9. The number of unbranched alkanes of at least 4 members (excludes halogenated alkanes) is 11. The van der Waals surface area contributed by atoms with Crippen molar-refractivity contribution in [2.75, 3.05) is 19.8 Å². The predicted molar refractivity (Wildman–Crippen MR) is 103 cm³/mol.